The molecule has 690 valence electrons. The topological polar surface area (TPSA) is 193 Å². The Labute approximate surface area is 851 Å². The van der Waals surface area contributed by atoms with Gasteiger partial charge in [0.1, 0.15) is 0 Å². The standard InChI is InChI=1S/C47H29N5.2C43H27N5/c1-2-14-37-36(9-1)29-42(41-16-4-3-15-40(37)41)47-51-45(34-23-19-30(20-24-34)38-17-5-10-32-12-7-27-48-43(32)38)50-46(52-47)35-25-21-31(22-26-35)39-18-6-11-33-13-8-28-49-44(33)39;1-2-14-35-28(8-1)9-3-17-38(35)43-47-41(33-22-18-29(19-23-33)36-15-4-10-31-12-6-26-44-39(31)36)46-42(48-43)34-24-20-30(21-25-34)37-16-5-11-32-13-7-27-45-40(32)37;1-2-8-35-27-36(24-15-28(35)7-1)43-47-41(33-20-16-29(17-21-33)37-13-3-9-31-11-5-25-44-39(31)37)46-42(48-43)34-22-18-30(19-23-34)38-14-4-10-32-12-6-26-45-40(32)38/h1-29H;2*1-27H. The lowest BCUT2D eigenvalue weighted by atomic mass is 9.96. The summed E-state index contributed by atoms with van der Waals surface area (Å²) < 4.78 is 0. The first-order chi connectivity index (χ1) is 73.3. The Hall–Kier alpha value is -20.3. The van der Waals surface area contributed by atoms with E-state index in [1.807, 2.05) is 73.6 Å². The number of nitrogens with zero attached hydrogens (tertiary/aromatic N) is 15. The van der Waals surface area contributed by atoms with Crippen LogP contribution in [0.1, 0.15) is 0 Å². The van der Waals surface area contributed by atoms with Crippen molar-refractivity contribution >= 4 is 109 Å². The molecule has 0 atom stereocenters. The largest absolute Gasteiger partial charge is 0.256 e. The molecule has 15 nitrogen and oxygen atoms in total. The number of aromatic nitrogens is 15. The molecule has 0 bridgehead atoms. The fourth-order valence-electron chi connectivity index (χ4n) is 20.1. The molecule has 9 aromatic heterocycles. The minimum Gasteiger partial charge on any atom is -0.256 e. The van der Waals surface area contributed by atoms with E-state index in [1.165, 1.54) is 16.2 Å². The van der Waals surface area contributed by atoms with Crippen LogP contribution >= 0.6 is 0 Å². The number of hydrogen-bond donors (Lipinski definition) is 0. The Bertz CT molecular complexity index is 9520. The number of hydrogen-bond acceptors (Lipinski definition) is 15. The zero-order chi connectivity index (χ0) is 98.2. The van der Waals surface area contributed by atoms with Crippen molar-refractivity contribution in [2.45, 2.75) is 0 Å². The summed E-state index contributed by atoms with van der Waals surface area (Å²) in [5.41, 5.74) is 27.3. The minimum absolute atomic E-state index is 0.613. The van der Waals surface area contributed by atoms with Crippen LogP contribution in [0, 0.1) is 0 Å². The summed E-state index contributed by atoms with van der Waals surface area (Å²) in [4.78, 5) is 73.6. The van der Waals surface area contributed by atoms with Crippen molar-refractivity contribution in [3.63, 3.8) is 0 Å². The lowest BCUT2D eigenvalue weighted by Crippen LogP contribution is -2.01. The van der Waals surface area contributed by atoms with E-state index in [-0.39, 0.29) is 0 Å². The summed E-state index contributed by atoms with van der Waals surface area (Å²) in [7, 11) is 0. The SMILES string of the molecule is c1ccc2c(-c3nc(-c4ccc(-c5cccc6cccnc56)cc4)nc(-c4ccc(-c5cccc6cccnc56)cc4)n3)cccc2c1.c1ccc2cc(-c3nc(-c4ccc(-c5cccc6cccnc56)cc4)nc(-c4ccc(-c5cccc6cccnc56)cc4)n3)ccc2c1.c1cnc2c(-c3ccc(-c4nc(-c5ccc(-c6cccc7cccnc67)cc5)nc(-c5cc6ccccc6c6ccccc56)n4)cc3)cccc2c1. The van der Waals surface area contributed by atoms with E-state index in [9.17, 15) is 0 Å². The summed E-state index contributed by atoms with van der Waals surface area (Å²) in [6.07, 6.45) is 11.0. The predicted octanol–water partition coefficient (Wildman–Crippen LogP) is 32.5. The minimum atomic E-state index is 0.613. The van der Waals surface area contributed by atoms with Gasteiger partial charge >= 0.3 is 0 Å². The second kappa shape index (κ2) is 38.6. The van der Waals surface area contributed by atoms with Gasteiger partial charge in [-0.1, -0.05) is 419 Å². The maximum absolute atomic E-state index is 5.17. The molecule has 0 unspecified atom stereocenters. The highest BCUT2D eigenvalue weighted by Crippen LogP contribution is 2.42. The van der Waals surface area contributed by atoms with Crippen molar-refractivity contribution in [2.75, 3.05) is 0 Å². The first kappa shape index (κ1) is 87.9. The molecule has 0 fully saturated rings. The molecule has 0 aliphatic carbocycles. The lowest BCUT2D eigenvalue weighted by Gasteiger charge is -2.13. The predicted molar refractivity (Wildman–Crippen MR) is 603 cm³/mol. The third kappa shape index (κ3) is 17.2. The van der Waals surface area contributed by atoms with Gasteiger partial charge in [-0.25, -0.2) is 44.9 Å². The second-order valence-electron chi connectivity index (χ2n) is 36.4. The first-order valence-corrected chi connectivity index (χ1v) is 49.2. The van der Waals surface area contributed by atoms with Crippen LogP contribution in [0.25, 0.3) is 278 Å². The molecule has 148 heavy (non-hydrogen) atoms. The van der Waals surface area contributed by atoms with Gasteiger partial charge in [-0.05, 0) is 125 Å². The van der Waals surface area contributed by atoms with Crippen LogP contribution in [-0.4, -0.2) is 74.8 Å². The zero-order valence-electron chi connectivity index (χ0n) is 79.6. The molecule has 0 aliphatic rings. The Morgan fingerprint density at radius 2 is 0.311 bits per heavy atom. The van der Waals surface area contributed by atoms with Gasteiger partial charge in [-0.2, -0.15) is 0 Å². The quantitative estimate of drug-likeness (QED) is 0.0879. The zero-order valence-corrected chi connectivity index (χ0v) is 79.6. The monoisotopic (exact) mass is 1890 g/mol. The number of benzene rings is 19. The average Bonchev–Trinajstić information content (AvgIpc) is 0.738. The highest BCUT2D eigenvalue weighted by molar-refractivity contribution is 6.14. The molecule has 9 heterocycles. The summed E-state index contributed by atoms with van der Waals surface area (Å²) in [6.45, 7) is 0. The first-order valence-electron chi connectivity index (χ1n) is 49.2. The van der Waals surface area contributed by atoms with Crippen molar-refractivity contribution < 1.29 is 0 Å². The highest BCUT2D eigenvalue weighted by atomic mass is 15.1. The lowest BCUT2D eigenvalue weighted by molar-refractivity contribution is 1.07. The number of rotatable bonds is 15. The molecule has 0 saturated carbocycles. The summed E-state index contributed by atoms with van der Waals surface area (Å²) in [5.74, 6) is 5.60. The third-order valence-electron chi connectivity index (χ3n) is 27.5. The molecular formula is C133H83N15. The fourth-order valence-corrected chi connectivity index (χ4v) is 20.1. The van der Waals surface area contributed by atoms with Crippen LogP contribution in [0.3, 0.4) is 0 Å². The van der Waals surface area contributed by atoms with Crippen LogP contribution in [0.4, 0.5) is 0 Å². The van der Waals surface area contributed by atoms with Gasteiger partial charge in [0, 0.05) is 153 Å². The average molecular weight is 1890 g/mol. The van der Waals surface area contributed by atoms with Gasteiger partial charge in [0.25, 0.3) is 0 Å². The van der Waals surface area contributed by atoms with E-state index in [4.69, 9.17) is 44.9 Å². The molecule has 0 radical (unpaired) electrons. The van der Waals surface area contributed by atoms with Crippen LogP contribution in [-0.2, 0) is 0 Å². The van der Waals surface area contributed by atoms with Crippen LogP contribution in [0.15, 0.2) is 504 Å². The molecule has 0 spiro atoms. The van der Waals surface area contributed by atoms with E-state index in [2.05, 4.69) is 461 Å². The summed E-state index contributed by atoms with van der Waals surface area (Å²) in [5, 5.41) is 15.8. The van der Waals surface area contributed by atoms with Gasteiger partial charge < -0.3 is 0 Å². The fraction of sp³-hybridized carbons (Fsp3) is 0. The van der Waals surface area contributed by atoms with Gasteiger partial charge in [0.05, 0.1) is 33.1 Å². The Morgan fingerprint density at radius 1 is 0.101 bits per heavy atom. The molecule has 15 heteroatoms. The van der Waals surface area contributed by atoms with E-state index < -0.39 is 0 Å². The van der Waals surface area contributed by atoms with Crippen LogP contribution in [0.2, 0.25) is 0 Å². The molecule has 0 amide bonds. The molecule has 0 aliphatic heterocycles. The number of fused-ring (bicyclic) bond motifs is 11. The summed E-state index contributed by atoms with van der Waals surface area (Å²) in [6, 6.07) is 161. The van der Waals surface area contributed by atoms with Gasteiger partial charge in [0.2, 0.25) is 0 Å². The van der Waals surface area contributed by atoms with E-state index in [0.717, 1.165) is 209 Å². The Morgan fingerprint density at radius 3 is 0.628 bits per heavy atom. The van der Waals surface area contributed by atoms with Crippen LogP contribution in [0.5, 0.6) is 0 Å². The normalized spacial score (nSPS) is 11.4. The van der Waals surface area contributed by atoms with Crippen molar-refractivity contribution in [2.24, 2.45) is 0 Å². The van der Waals surface area contributed by atoms with Gasteiger partial charge in [0.15, 0.2) is 52.4 Å². The van der Waals surface area contributed by atoms with E-state index in [0.29, 0.717) is 52.4 Å². The van der Waals surface area contributed by atoms with Gasteiger partial charge in [-0.15, -0.1) is 0 Å². The van der Waals surface area contributed by atoms with Crippen molar-refractivity contribution in [1.29, 1.82) is 0 Å². The van der Waals surface area contributed by atoms with Gasteiger partial charge in [-0.3, -0.25) is 29.9 Å². The van der Waals surface area contributed by atoms with Crippen LogP contribution < -0.4 is 0 Å². The number of pyridine rings is 6. The Kier molecular flexibility index (Phi) is 22.9. The molecule has 0 saturated heterocycles. The maximum atomic E-state index is 5.17. The second-order valence-corrected chi connectivity index (χ2v) is 36.4. The molecule has 0 N–H and O–H groups in total. The highest BCUT2D eigenvalue weighted by Gasteiger charge is 2.23. The molecule has 28 rings (SSSR count). The molecular weight excluding hydrogens is 1810 g/mol. The molecule has 28 aromatic rings. The summed E-state index contributed by atoms with van der Waals surface area (Å²) >= 11 is 0. The van der Waals surface area contributed by atoms with Crippen molar-refractivity contribution in [3.8, 4) is 169 Å². The van der Waals surface area contributed by atoms with E-state index in [1.54, 1.807) is 0 Å². The van der Waals surface area contributed by atoms with Crippen molar-refractivity contribution in [1.82, 2.24) is 74.8 Å². The van der Waals surface area contributed by atoms with Crippen molar-refractivity contribution in [3.05, 3.63) is 504 Å². The smallest absolute Gasteiger partial charge is 0.164 e. The maximum Gasteiger partial charge on any atom is 0.164 e. The van der Waals surface area contributed by atoms with E-state index >= 15 is 0 Å². The number of para-hydroxylation sites is 6. The third-order valence-corrected chi connectivity index (χ3v) is 27.5. The molecule has 19 aromatic carbocycles. The Balaban J connectivity index is 0.000000112.